The Morgan fingerprint density at radius 3 is 2.62 bits per heavy atom. The number of nitrogens with one attached hydrogen (secondary N) is 1. The minimum Gasteiger partial charge on any atom is -0.371 e. The Morgan fingerprint density at radius 1 is 1.43 bits per heavy atom. The fourth-order valence-corrected chi connectivity index (χ4v) is 2.81. The summed E-state index contributed by atoms with van der Waals surface area (Å²) in [5, 5.41) is 2.43. The molecule has 1 heterocycles. The first kappa shape index (κ1) is 18.0. The molecule has 0 aliphatic carbocycles. The summed E-state index contributed by atoms with van der Waals surface area (Å²) in [6, 6.07) is 0. The number of rotatable bonds is 7. The van der Waals surface area contributed by atoms with Gasteiger partial charge in [-0.15, -0.1) is 11.8 Å². The van der Waals surface area contributed by atoms with Crippen molar-refractivity contribution >= 4 is 29.5 Å². The molecule has 1 saturated heterocycles. The highest BCUT2D eigenvalue weighted by atomic mass is 32.2. The van der Waals surface area contributed by atoms with Gasteiger partial charge in [0.25, 0.3) is 0 Å². The highest BCUT2D eigenvalue weighted by Crippen LogP contribution is 2.23. The van der Waals surface area contributed by atoms with Crippen molar-refractivity contribution < 1.29 is 19.1 Å². The van der Waals surface area contributed by atoms with E-state index in [4.69, 9.17) is 4.74 Å². The van der Waals surface area contributed by atoms with Crippen molar-refractivity contribution in [1.82, 2.24) is 10.2 Å². The Kier molecular flexibility index (Phi) is 6.67. The fourth-order valence-electron chi connectivity index (χ4n) is 1.74. The lowest BCUT2D eigenvalue weighted by atomic mass is 9.99. The number of nitrogens with zero attached hydrogens (tertiary/aromatic N) is 1. The van der Waals surface area contributed by atoms with Crippen molar-refractivity contribution in [2.45, 2.75) is 32.4 Å². The van der Waals surface area contributed by atoms with Gasteiger partial charge in [-0.1, -0.05) is 20.8 Å². The molecule has 0 aromatic heterocycles. The van der Waals surface area contributed by atoms with E-state index in [2.05, 4.69) is 5.32 Å². The van der Waals surface area contributed by atoms with Crippen LogP contribution in [0.1, 0.15) is 27.2 Å². The van der Waals surface area contributed by atoms with Crippen LogP contribution in [0.3, 0.4) is 0 Å². The molecule has 0 saturated carbocycles. The standard InChI is InChI=1S/C14H24N2O4S/c1-14(2,3)9-20-8-11(17)15-5-6-21-10-7-12(18)16(4)13(10)19/h10H,5-9H2,1-4H3,(H,15,17). The van der Waals surface area contributed by atoms with Crippen LogP contribution in [0, 0.1) is 5.41 Å². The second-order valence-corrected chi connectivity index (χ2v) is 7.57. The van der Waals surface area contributed by atoms with Crippen molar-refractivity contribution in [2.75, 3.05) is 32.6 Å². The fraction of sp³-hybridized carbons (Fsp3) is 0.786. The lowest BCUT2D eigenvalue weighted by Gasteiger charge is -2.17. The Labute approximate surface area is 130 Å². The maximum Gasteiger partial charge on any atom is 0.246 e. The Bertz CT molecular complexity index is 406. The molecule has 0 aromatic carbocycles. The van der Waals surface area contributed by atoms with Crippen LogP contribution in [-0.2, 0) is 19.1 Å². The average Bonchev–Trinajstić information content (AvgIpc) is 2.61. The van der Waals surface area contributed by atoms with Crippen LogP contribution < -0.4 is 5.32 Å². The minimum absolute atomic E-state index is 0.0392. The maximum absolute atomic E-state index is 11.7. The van der Waals surface area contributed by atoms with Crippen LogP contribution in [0.4, 0.5) is 0 Å². The summed E-state index contributed by atoms with van der Waals surface area (Å²) in [7, 11) is 1.50. The minimum atomic E-state index is -0.309. The van der Waals surface area contributed by atoms with Gasteiger partial charge in [-0.25, -0.2) is 0 Å². The zero-order valence-electron chi connectivity index (χ0n) is 13.1. The number of carbonyl (C=O) groups is 3. The first-order valence-electron chi connectivity index (χ1n) is 6.97. The molecule has 7 heteroatoms. The van der Waals surface area contributed by atoms with Gasteiger partial charge in [-0.3, -0.25) is 19.3 Å². The predicted molar refractivity (Wildman–Crippen MR) is 81.9 cm³/mol. The van der Waals surface area contributed by atoms with Gasteiger partial charge < -0.3 is 10.1 Å². The van der Waals surface area contributed by atoms with Crippen LogP contribution >= 0.6 is 11.8 Å². The van der Waals surface area contributed by atoms with E-state index in [1.165, 1.54) is 18.8 Å². The van der Waals surface area contributed by atoms with E-state index in [1.807, 2.05) is 20.8 Å². The molecule has 1 unspecified atom stereocenters. The molecule has 0 spiro atoms. The quantitative estimate of drug-likeness (QED) is 0.551. The van der Waals surface area contributed by atoms with Crippen molar-refractivity contribution in [1.29, 1.82) is 0 Å². The van der Waals surface area contributed by atoms with Crippen molar-refractivity contribution in [3.63, 3.8) is 0 Å². The smallest absolute Gasteiger partial charge is 0.246 e. The number of hydrogen-bond donors (Lipinski definition) is 1. The molecule has 3 amide bonds. The van der Waals surface area contributed by atoms with Crippen molar-refractivity contribution in [3.8, 4) is 0 Å². The van der Waals surface area contributed by atoms with Gasteiger partial charge >= 0.3 is 0 Å². The molecule has 1 fully saturated rings. The third-order valence-electron chi connectivity index (χ3n) is 2.85. The Morgan fingerprint density at radius 2 is 2.10 bits per heavy atom. The van der Waals surface area contributed by atoms with Crippen LogP contribution in [0.15, 0.2) is 0 Å². The summed E-state index contributed by atoms with van der Waals surface area (Å²) in [4.78, 5) is 35.7. The van der Waals surface area contributed by atoms with Gasteiger partial charge in [0.2, 0.25) is 17.7 Å². The van der Waals surface area contributed by atoms with E-state index in [0.29, 0.717) is 18.9 Å². The van der Waals surface area contributed by atoms with Crippen molar-refractivity contribution in [2.24, 2.45) is 5.41 Å². The molecule has 6 nitrogen and oxygen atoms in total. The normalized spacial score (nSPS) is 19.2. The number of thioether (sulfide) groups is 1. The Hall–Kier alpha value is -1.08. The molecular formula is C14H24N2O4S. The monoisotopic (exact) mass is 316 g/mol. The highest BCUT2D eigenvalue weighted by molar-refractivity contribution is 8.00. The molecule has 1 atom stereocenters. The van der Waals surface area contributed by atoms with E-state index >= 15 is 0 Å². The van der Waals surface area contributed by atoms with E-state index in [9.17, 15) is 14.4 Å². The summed E-state index contributed by atoms with van der Waals surface area (Å²) >= 11 is 1.40. The zero-order valence-corrected chi connectivity index (χ0v) is 13.9. The third kappa shape index (κ3) is 6.48. The van der Waals surface area contributed by atoms with Gasteiger partial charge in [0.05, 0.1) is 11.9 Å². The third-order valence-corrected chi connectivity index (χ3v) is 4.06. The first-order chi connectivity index (χ1) is 9.70. The number of carbonyl (C=O) groups excluding carboxylic acids is 3. The number of imide groups is 1. The van der Waals surface area contributed by atoms with E-state index in [0.717, 1.165) is 4.90 Å². The summed E-state index contributed by atoms with van der Waals surface area (Å²) in [6.07, 6.45) is 0.253. The van der Waals surface area contributed by atoms with Gasteiger partial charge in [0, 0.05) is 25.8 Å². The molecule has 0 bridgehead atoms. The SMILES string of the molecule is CN1C(=O)CC(SCCNC(=O)COCC(C)(C)C)C1=O. The average molecular weight is 316 g/mol. The summed E-state index contributed by atoms with van der Waals surface area (Å²) in [5.41, 5.74) is 0.0392. The number of ether oxygens (including phenoxy) is 1. The molecule has 1 aliphatic rings. The number of likely N-dealkylation sites (tertiary alicyclic amines) is 1. The van der Waals surface area contributed by atoms with E-state index in [1.54, 1.807) is 0 Å². The van der Waals surface area contributed by atoms with Gasteiger partial charge in [0.1, 0.15) is 6.61 Å². The molecule has 1 N–H and O–H groups in total. The first-order valence-corrected chi connectivity index (χ1v) is 8.02. The molecule has 1 rings (SSSR count). The van der Waals surface area contributed by atoms with Gasteiger partial charge in [-0.2, -0.15) is 0 Å². The van der Waals surface area contributed by atoms with E-state index in [-0.39, 0.29) is 41.4 Å². The van der Waals surface area contributed by atoms with Gasteiger partial charge in [-0.05, 0) is 5.41 Å². The molecule has 21 heavy (non-hydrogen) atoms. The van der Waals surface area contributed by atoms with Crippen LogP contribution in [0.2, 0.25) is 0 Å². The van der Waals surface area contributed by atoms with E-state index < -0.39 is 0 Å². The largest absolute Gasteiger partial charge is 0.371 e. The maximum atomic E-state index is 11.7. The Balaban J connectivity index is 2.10. The van der Waals surface area contributed by atoms with Crippen molar-refractivity contribution in [3.05, 3.63) is 0 Å². The molecule has 1 aliphatic heterocycles. The summed E-state index contributed by atoms with van der Waals surface area (Å²) in [5.74, 6) is 0.149. The van der Waals surface area contributed by atoms with Crippen LogP contribution in [0.5, 0.6) is 0 Å². The molecular weight excluding hydrogens is 292 g/mol. The predicted octanol–water partition coefficient (Wildman–Crippen LogP) is 0.656. The molecule has 0 aromatic rings. The second kappa shape index (κ2) is 7.79. The summed E-state index contributed by atoms with van der Waals surface area (Å²) in [6.45, 7) is 7.16. The van der Waals surface area contributed by atoms with Crippen LogP contribution in [0.25, 0.3) is 0 Å². The lowest BCUT2D eigenvalue weighted by Crippen LogP contribution is -2.31. The number of amides is 3. The van der Waals surface area contributed by atoms with Crippen LogP contribution in [-0.4, -0.2) is 60.4 Å². The molecule has 0 radical (unpaired) electrons. The highest BCUT2D eigenvalue weighted by Gasteiger charge is 2.35. The molecule has 120 valence electrons. The summed E-state index contributed by atoms with van der Waals surface area (Å²) < 4.78 is 5.31. The second-order valence-electron chi connectivity index (χ2n) is 6.26. The number of hydrogen-bond acceptors (Lipinski definition) is 5. The zero-order chi connectivity index (χ0) is 16.0. The van der Waals surface area contributed by atoms with Gasteiger partial charge in [0.15, 0.2) is 0 Å². The lowest BCUT2D eigenvalue weighted by molar-refractivity contribution is -0.136. The topological polar surface area (TPSA) is 75.7 Å².